The summed E-state index contributed by atoms with van der Waals surface area (Å²) >= 11 is 0. The number of nitrogens with zero attached hydrogens (tertiary/aromatic N) is 1. The molecule has 0 fully saturated rings. The van der Waals surface area contributed by atoms with Crippen molar-refractivity contribution in [2.24, 2.45) is 16.5 Å². The standard InChI is InChI=1S/C18H38N4O2.H3O4P/c1-2-3-4-5-6-7-8-9-10-11-14-21-16(17(23)24)13-12-15-22-18(19)20;1-5(2,3)4/h16,21H,2-15H2,1H3,(H,23,24)(H4,19,20,22);(H3,1,2,3,4). The second-order valence-corrected chi connectivity index (χ2v) is 8.02. The minimum atomic E-state index is -4.64. The van der Waals surface area contributed by atoms with Crippen molar-refractivity contribution in [3.05, 3.63) is 0 Å². The molecule has 1 unspecified atom stereocenters. The maximum atomic E-state index is 11.2. The molecule has 0 rings (SSSR count). The Kier molecular flexibility index (Phi) is 20.8. The summed E-state index contributed by atoms with van der Waals surface area (Å²) < 4.78 is 8.88. The number of carbonyl (C=O) groups is 1. The van der Waals surface area contributed by atoms with Crippen molar-refractivity contribution in [1.29, 1.82) is 0 Å². The van der Waals surface area contributed by atoms with Crippen LogP contribution in [0, 0.1) is 0 Å². The summed E-state index contributed by atoms with van der Waals surface area (Å²) in [6.45, 7) is 3.48. The molecule has 0 bridgehead atoms. The van der Waals surface area contributed by atoms with Gasteiger partial charge < -0.3 is 36.6 Å². The SMILES string of the molecule is CCCCCCCCCCCCNC(CCCN=C(N)N)C(=O)O.O=P(O)(O)O. The van der Waals surface area contributed by atoms with E-state index in [1.54, 1.807) is 0 Å². The quantitative estimate of drug-likeness (QED) is 0.0767. The van der Waals surface area contributed by atoms with Crippen LogP contribution in [0.3, 0.4) is 0 Å². The van der Waals surface area contributed by atoms with Crippen LogP contribution in [-0.2, 0) is 9.36 Å². The molecule has 0 heterocycles. The number of guanidine groups is 1. The Labute approximate surface area is 174 Å². The Morgan fingerprint density at radius 3 is 1.79 bits per heavy atom. The topological polar surface area (TPSA) is 191 Å². The summed E-state index contributed by atoms with van der Waals surface area (Å²) in [7, 11) is -4.64. The van der Waals surface area contributed by atoms with Crippen molar-refractivity contribution in [2.45, 2.75) is 90.0 Å². The van der Waals surface area contributed by atoms with Gasteiger partial charge in [-0.2, -0.15) is 0 Å². The largest absolute Gasteiger partial charge is 0.480 e. The molecule has 0 radical (unpaired) electrons. The molecule has 0 aromatic carbocycles. The number of nitrogens with one attached hydrogen (secondary N) is 1. The molecule has 174 valence electrons. The van der Waals surface area contributed by atoms with E-state index in [0.717, 1.165) is 13.0 Å². The highest BCUT2D eigenvalue weighted by molar-refractivity contribution is 7.45. The van der Waals surface area contributed by atoms with E-state index in [1.807, 2.05) is 0 Å². The number of carboxylic acid groups (broad SMARTS) is 1. The number of hydrogen-bond acceptors (Lipinski definition) is 4. The fourth-order valence-electron chi connectivity index (χ4n) is 2.71. The number of rotatable bonds is 17. The number of aliphatic carboxylic acids is 1. The van der Waals surface area contributed by atoms with Gasteiger partial charge in [0.15, 0.2) is 5.96 Å². The molecule has 0 aromatic rings. The van der Waals surface area contributed by atoms with E-state index in [1.165, 1.54) is 57.8 Å². The Bertz CT molecular complexity index is 461. The van der Waals surface area contributed by atoms with E-state index < -0.39 is 19.8 Å². The zero-order valence-corrected chi connectivity index (χ0v) is 18.5. The van der Waals surface area contributed by atoms with Crippen molar-refractivity contribution in [2.75, 3.05) is 13.1 Å². The van der Waals surface area contributed by atoms with E-state index >= 15 is 0 Å². The van der Waals surface area contributed by atoms with Crippen molar-refractivity contribution in [3.8, 4) is 0 Å². The van der Waals surface area contributed by atoms with Gasteiger partial charge in [-0.1, -0.05) is 64.7 Å². The van der Waals surface area contributed by atoms with E-state index in [9.17, 15) is 9.90 Å². The van der Waals surface area contributed by atoms with E-state index in [0.29, 0.717) is 19.4 Å². The first kappa shape index (κ1) is 30.0. The summed E-state index contributed by atoms with van der Waals surface area (Å²) in [5, 5.41) is 12.3. The highest BCUT2D eigenvalue weighted by atomic mass is 31.2. The molecule has 0 aliphatic carbocycles. The second-order valence-electron chi connectivity index (χ2n) is 6.99. The normalized spacial score (nSPS) is 12.0. The van der Waals surface area contributed by atoms with Gasteiger partial charge in [-0.05, 0) is 25.8 Å². The van der Waals surface area contributed by atoms with Gasteiger partial charge in [-0.25, -0.2) is 4.57 Å². The molecule has 0 amide bonds. The molecular weight excluding hydrogens is 399 g/mol. The molecule has 0 aliphatic heterocycles. The minimum Gasteiger partial charge on any atom is -0.480 e. The van der Waals surface area contributed by atoms with Gasteiger partial charge in [0, 0.05) is 6.54 Å². The van der Waals surface area contributed by atoms with Gasteiger partial charge in [0.05, 0.1) is 0 Å². The monoisotopic (exact) mass is 440 g/mol. The van der Waals surface area contributed by atoms with E-state index in [2.05, 4.69) is 17.2 Å². The molecule has 0 spiro atoms. The fourth-order valence-corrected chi connectivity index (χ4v) is 2.71. The molecule has 11 heteroatoms. The summed E-state index contributed by atoms with van der Waals surface area (Å²) in [4.78, 5) is 36.6. The third-order valence-corrected chi connectivity index (χ3v) is 4.16. The molecule has 0 saturated carbocycles. The molecule has 0 saturated heterocycles. The van der Waals surface area contributed by atoms with Gasteiger partial charge in [-0.3, -0.25) is 9.79 Å². The summed E-state index contributed by atoms with van der Waals surface area (Å²) in [5.74, 6) is -0.744. The van der Waals surface area contributed by atoms with Crippen LogP contribution in [-0.4, -0.2) is 50.8 Å². The number of aliphatic imine (C=N–C) groups is 1. The molecule has 9 N–H and O–H groups in total. The molecule has 10 nitrogen and oxygen atoms in total. The lowest BCUT2D eigenvalue weighted by Gasteiger charge is -2.13. The third kappa shape index (κ3) is 31.7. The zero-order valence-electron chi connectivity index (χ0n) is 17.6. The first-order chi connectivity index (χ1) is 13.6. The number of hydrogen-bond donors (Lipinski definition) is 7. The highest BCUT2D eigenvalue weighted by Gasteiger charge is 2.15. The second kappa shape index (κ2) is 20.1. The van der Waals surface area contributed by atoms with Crippen molar-refractivity contribution in [3.63, 3.8) is 0 Å². The summed E-state index contributed by atoms with van der Waals surface area (Å²) in [6.07, 6.45) is 14.1. The van der Waals surface area contributed by atoms with Gasteiger partial charge >= 0.3 is 13.8 Å². The van der Waals surface area contributed by atoms with Gasteiger partial charge in [0.25, 0.3) is 0 Å². The lowest BCUT2D eigenvalue weighted by atomic mass is 10.1. The molecule has 0 aromatic heterocycles. The van der Waals surface area contributed by atoms with Crippen LogP contribution < -0.4 is 16.8 Å². The van der Waals surface area contributed by atoms with Crippen molar-refractivity contribution in [1.82, 2.24) is 5.32 Å². The molecular formula is C18H41N4O6P. The van der Waals surface area contributed by atoms with Crippen LogP contribution >= 0.6 is 7.82 Å². The summed E-state index contributed by atoms with van der Waals surface area (Å²) in [6, 6.07) is -0.502. The first-order valence-electron chi connectivity index (χ1n) is 10.4. The maximum Gasteiger partial charge on any atom is 0.466 e. The zero-order chi connectivity index (χ0) is 22.5. The fraction of sp³-hybridized carbons (Fsp3) is 0.889. The van der Waals surface area contributed by atoms with E-state index in [-0.39, 0.29) is 5.96 Å². The van der Waals surface area contributed by atoms with Crippen LogP contribution in [0.2, 0.25) is 0 Å². The summed E-state index contributed by atoms with van der Waals surface area (Å²) in [5.41, 5.74) is 10.5. The average Bonchev–Trinajstić information content (AvgIpc) is 2.59. The number of unbranched alkanes of at least 4 members (excludes halogenated alkanes) is 9. The predicted molar refractivity (Wildman–Crippen MR) is 115 cm³/mol. The van der Waals surface area contributed by atoms with Crippen LogP contribution in [0.15, 0.2) is 4.99 Å². The molecule has 1 atom stereocenters. The Morgan fingerprint density at radius 2 is 1.38 bits per heavy atom. The van der Waals surface area contributed by atoms with E-state index in [4.69, 9.17) is 30.7 Å². The van der Waals surface area contributed by atoms with Crippen LogP contribution in [0.4, 0.5) is 0 Å². The highest BCUT2D eigenvalue weighted by Crippen LogP contribution is 2.25. The van der Waals surface area contributed by atoms with Crippen molar-refractivity contribution < 1.29 is 29.1 Å². The smallest absolute Gasteiger partial charge is 0.466 e. The van der Waals surface area contributed by atoms with Crippen LogP contribution in [0.5, 0.6) is 0 Å². The average molecular weight is 441 g/mol. The lowest BCUT2D eigenvalue weighted by molar-refractivity contribution is -0.139. The Morgan fingerprint density at radius 1 is 0.931 bits per heavy atom. The van der Waals surface area contributed by atoms with Gasteiger partial charge in [-0.15, -0.1) is 0 Å². The van der Waals surface area contributed by atoms with Gasteiger partial charge in [0.2, 0.25) is 0 Å². The van der Waals surface area contributed by atoms with Crippen LogP contribution in [0.1, 0.15) is 84.0 Å². The number of carboxylic acids is 1. The number of nitrogens with two attached hydrogens (primary N) is 2. The van der Waals surface area contributed by atoms with Gasteiger partial charge in [0.1, 0.15) is 6.04 Å². The third-order valence-electron chi connectivity index (χ3n) is 4.16. The first-order valence-corrected chi connectivity index (χ1v) is 11.9. The molecule has 29 heavy (non-hydrogen) atoms. The van der Waals surface area contributed by atoms with Crippen LogP contribution in [0.25, 0.3) is 0 Å². The minimum absolute atomic E-state index is 0.0557. The predicted octanol–water partition coefficient (Wildman–Crippen LogP) is 2.08. The molecule has 0 aliphatic rings. The van der Waals surface area contributed by atoms with Crippen molar-refractivity contribution >= 4 is 19.8 Å². The number of phosphoric acid groups is 1. The maximum absolute atomic E-state index is 11.2. The Hall–Kier alpha value is -1.19. The lowest BCUT2D eigenvalue weighted by Crippen LogP contribution is -2.37. The Balaban J connectivity index is 0.